The Balaban J connectivity index is 1.55. The molecule has 2 atom stereocenters. The van der Waals surface area contributed by atoms with E-state index in [1.54, 1.807) is 31.0 Å². The Bertz CT molecular complexity index is 1640. The summed E-state index contributed by atoms with van der Waals surface area (Å²) >= 11 is 1.43. The molecule has 1 N–H and O–H groups in total. The summed E-state index contributed by atoms with van der Waals surface area (Å²) in [5.41, 5.74) is 3.54. The molecule has 2 aliphatic rings. The Kier molecular flexibility index (Phi) is 8.85. The highest BCUT2D eigenvalue weighted by molar-refractivity contribution is 8.00. The minimum Gasteiger partial charge on any atom is -0.497 e. The van der Waals surface area contributed by atoms with E-state index in [2.05, 4.69) is 5.32 Å². The summed E-state index contributed by atoms with van der Waals surface area (Å²) in [5.74, 6) is 0.829. The molecule has 1 fully saturated rings. The molecule has 1 saturated heterocycles. The van der Waals surface area contributed by atoms with Crippen LogP contribution in [0.15, 0.2) is 72.8 Å². The quantitative estimate of drug-likeness (QED) is 0.278. The molecule has 0 unspecified atom stereocenters. The highest BCUT2D eigenvalue weighted by Crippen LogP contribution is 2.51. The molecule has 11 heteroatoms. The molecule has 6 rings (SSSR count). The van der Waals surface area contributed by atoms with E-state index in [4.69, 9.17) is 19.3 Å². The van der Waals surface area contributed by atoms with E-state index in [-0.39, 0.29) is 30.2 Å². The number of rotatable bonds is 9. The first-order valence-electron chi connectivity index (χ1n) is 14.4. The maximum Gasteiger partial charge on any atom is 0.240 e. The van der Waals surface area contributed by atoms with Crippen molar-refractivity contribution in [2.75, 3.05) is 44.6 Å². The lowest BCUT2D eigenvalue weighted by Crippen LogP contribution is -2.44. The third kappa shape index (κ3) is 6.02. The van der Waals surface area contributed by atoms with Gasteiger partial charge in [-0.25, -0.2) is 9.07 Å². The summed E-state index contributed by atoms with van der Waals surface area (Å²) in [6, 6.07) is 21.1. The van der Waals surface area contributed by atoms with Gasteiger partial charge in [-0.3, -0.25) is 14.5 Å². The van der Waals surface area contributed by atoms with Crippen molar-refractivity contribution >= 4 is 29.4 Å². The van der Waals surface area contributed by atoms with Gasteiger partial charge < -0.3 is 19.5 Å². The molecular formula is C33H33FN4O5S. The maximum atomic E-state index is 14.1. The number of aromatic nitrogens is 2. The predicted molar refractivity (Wildman–Crippen MR) is 167 cm³/mol. The van der Waals surface area contributed by atoms with Crippen molar-refractivity contribution in [1.29, 1.82) is 0 Å². The molecule has 3 aromatic carbocycles. The average molecular weight is 617 g/mol. The monoisotopic (exact) mass is 616 g/mol. The number of nitrogens with one attached hydrogen (secondary N) is 1. The first-order valence-corrected chi connectivity index (χ1v) is 15.5. The summed E-state index contributed by atoms with van der Waals surface area (Å²) < 4.78 is 32.7. The summed E-state index contributed by atoms with van der Waals surface area (Å²) in [4.78, 5) is 28.8. The van der Waals surface area contributed by atoms with Gasteiger partial charge in [0.1, 0.15) is 29.7 Å². The smallest absolute Gasteiger partial charge is 0.240 e. The Morgan fingerprint density at radius 2 is 1.89 bits per heavy atom. The number of thioether (sulfide) groups is 1. The Labute approximate surface area is 259 Å². The Hall–Kier alpha value is -4.35. The first kappa shape index (κ1) is 29.7. The van der Waals surface area contributed by atoms with Crippen molar-refractivity contribution in [2.24, 2.45) is 0 Å². The fraction of sp³-hybridized carbons (Fsp3) is 0.303. The van der Waals surface area contributed by atoms with Crippen molar-refractivity contribution < 1.29 is 28.2 Å². The van der Waals surface area contributed by atoms with Crippen LogP contribution in [0.2, 0.25) is 0 Å². The highest BCUT2D eigenvalue weighted by Gasteiger charge is 2.39. The van der Waals surface area contributed by atoms with E-state index in [0.717, 1.165) is 29.5 Å². The predicted octanol–water partition coefficient (Wildman–Crippen LogP) is 5.16. The van der Waals surface area contributed by atoms with Gasteiger partial charge in [-0.2, -0.15) is 5.10 Å². The van der Waals surface area contributed by atoms with Gasteiger partial charge in [0.25, 0.3) is 0 Å². The third-order valence-electron chi connectivity index (χ3n) is 7.78. The van der Waals surface area contributed by atoms with Crippen molar-refractivity contribution in [2.45, 2.75) is 24.2 Å². The second kappa shape index (κ2) is 13.1. The van der Waals surface area contributed by atoms with E-state index in [9.17, 15) is 14.0 Å². The van der Waals surface area contributed by atoms with Gasteiger partial charge in [0.2, 0.25) is 11.8 Å². The van der Waals surface area contributed by atoms with Crippen molar-refractivity contribution in [3.8, 4) is 28.4 Å². The number of nitrogens with zero attached hydrogens (tertiary/aromatic N) is 3. The molecule has 2 amide bonds. The van der Waals surface area contributed by atoms with Crippen molar-refractivity contribution in [1.82, 2.24) is 15.1 Å². The zero-order valence-corrected chi connectivity index (χ0v) is 25.3. The third-order valence-corrected chi connectivity index (χ3v) is 9.02. The number of anilines is 1. The largest absolute Gasteiger partial charge is 0.497 e. The second-order valence-electron chi connectivity index (χ2n) is 10.6. The molecule has 9 nitrogen and oxygen atoms in total. The Morgan fingerprint density at radius 3 is 2.59 bits per heavy atom. The number of carbonyl (C=O) groups excluding carboxylic acids is 2. The number of amides is 2. The number of hydrogen-bond acceptors (Lipinski definition) is 7. The molecule has 228 valence electrons. The second-order valence-corrected chi connectivity index (χ2v) is 11.7. The van der Waals surface area contributed by atoms with Crippen LogP contribution < -0.4 is 19.7 Å². The van der Waals surface area contributed by atoms with E-state index in [1.807, 2.05) is 48.5 Å². The maximum absolute atomic E-state index is 14.1. The van der Waals surface area contributed by atoms with Crippen LogP contribution in [0, 0.1) is 5.82 Å². The number of hydrogen-bond donors (Lipinski definition) is 1. The molecule has 0 radical (unpaired) electrons. The van der Waals surface area contributed by atoms with Crippen LogP contribution >= 0.6 is 11.8 Å². The standard InChI is InChI=1S/C33H33FN4O5S/c1-41-24-14-15-27(42-2)26(17-24)32-30-31(21-7-4-3-5-8-21)36-38(23-12-10-22(34)11-13-23)33(30)37(29(40)20-44-32)19-28(39)35-18-25-9-6-16-43-25/h3-5,7-8,10-15,17,25,32H,6,9,16,18-20H2,1-2H3,(H,35,39)/t25-,32+/m1/s1. The number of halogens is 1. The Morgan fingerprint density at radius 1 is 1.09 bits per heavy atom. The topological polar surface area (TPSA) is 94.9 Å². The van der Waals surface area contributed by atoms with Gasteiger partial charge in [-0.05, 0) is 55.3 Å². The molecule has 3 heterocycles. The van der Waals surface area contributed by atoms with E-state index in [1.165, 1.54) is 28.8 Å². The van der Waals surface area contributed by atoms with Gasteiger partial charge >= 0.3 is 0 Å². The van der Waals surface area contributed by atoms with Gasteiger partial charge in [0.05, 0.1) is 42.7 Å². The first-order chi connectivity index (χ1) is 21.5. The van der Waals surface area contributed by atoms with Crippen LogP contribution in [-0.2, 0) is 14.3 Å². The zero-order chi connectivity index (χ0) is 30.6. The number of benzene rings is 3. The van der Waals surface area contributed by atoms with E-state index >= 15 is 0 Å². The van der Waals surface area contributed by atoms with Crippen LogP contribution in [0.1, 0.15) is 29.2 Å². The molecular weight excluding hydrogens is 583 g/mol. The number of carbonyl (C=O) groups is 2. The molecule has 0 saturated carbocycles. The molecule has 0 spiro atoms. The number of fused-ring (bicyclic) bond motifs is 1. The molecule has 0 bridgehead atoms. The van der Waals surface area contributed by atoms with Crippen LogP contribution in [-0.4, -0.2) is 67.4 Å². The van der Waals surface area contributed by atoms with Gasteiger partial charge in [0, 0.05) is 29.8 Å². The lowest BCUT2D eigenvalue weighted by molar-refractivity contribution is -0.123. The molecule has 1 aromatic heterocycles. The van der Waals surface area contributed by atoms with Gasteiger partial charge in [-0.15, -0.1) is 11.8 Å². The average Bonchev–Trinajstić information content (AvgIpc) is 3.69. The van der Waals surface area contributed by atoms with Crippen LogP contribution in [0.3, 0.4) is 0 Å². The fourth-order valence-electron chi connectivity index (χ4n) is 5.61. The van der Waals surface area contributed by atoms with Crippen LogP contribution in [0.5, 0.6) is 11.5 Å². The van der Waals surface area contributed by atoms with Crippen LogP contribution in [0.4, 0.5) is 10.2 Å². The normalized spacial score (nSPS) is 18.1. The molecule has 2 aliphatic heterocycles. The fourth-order valence-corrected chi connectivity index (χ4v) is 6.83. The number of methoxy groups -OCH3 is 2. The molecule has 4 aromatic rings. The van der Waals surface area contributed by atoms with E-state index in [0.29, 0.717) is 41.8 Å². The zero-order valence-electron chi connectivity index (χ0n) is 24.5. The highest BCUT2D eigenvalue weighted by atomic mass is 32.2. The van der Waals surface area contributed by atoms with Gasteiger partial charge in [-0.1, -0.05) is 30.3 Å². The summed E-state index contributed by atoms with van der Waals surface area (Å²) in [6.45, 7) is 0.834. The lowest BCUT2D eigenvalue weighted by atomic mass is 9.98. The minimum absolute atomic E-state index is 0.0377. The summed E-state index contributed by atoms with van der Waals surface area (Å²) in [6.07, 6.45) is 1.80. The number of ether oxygens (including phenoxy) is 3. The SMILES string of the molecule is COc1ccc(OC)c([C@@H]2SCC(=O)N(CC(=O)NC[C@H]3CCCO3)c3c2c(-c2ccccc2)nn3-c2ccc(F)cc2)c1. The summed E-state index contributed by atoms with van der Waals surface area (Å²) in [5, 5.41) is 7.56. The minimum atomic E-state index is -0.427. The molecule has 44 heavy (non-hydrogen) atoms. The van der Waals surface area contributed by atoms with Gasteiger partial charge in [0.15, 0.2) is 0 Å². The lowest BCUT2D eigenvalue weighted by Gasteiger charge is -2.24. The molecule has 0 aliphatic carbocycles. The van der Waals surface area contributed by atoms with Crippen molar-refractivity contribution in [3.05, 3.63) is 89.7 Å². The van der Waals surface area contributed by atoms with Crippen LogP contribution in [0.25, 0.3) is 16.9 Å². The van der Waals surface area contributed by atoms with Crippen molar-refractivity contribution in [3.63, 3.8) is 0 Å². The summed E-state index contributed by atoms with van der Waals surface area (Å²) in [7, 11) is 3.20. The van der Waals surface area contributed by atoms with E-state index < -0.39 is 11.1 Å².